The molecular weight excluding hydrogens is 550 g/mol. The molecule has 0 saturated heterocycles. The van der Waals surface area contributed by atoms with Crippen LogP contribution < -0.4 is 5.32 Å². The number of para-hydroxylation sites is 1. The van der Waals surface area contributed by atoms with Gasteiger partial charge in [0.1, 0.15) is 0 Å². The maximum atomic E-state index is 13.4. The zero-order valence-electron chi connectivity index (χ0n) is 23.4. The van der Waals surface area contributed by atoms with Gasteiger partial charge in [-0.2, -0.15) is 26.3 Å². The molecule has 1 unspecified atom stereocenters. The fourth-order valence-electron chi connectivity index (χ4n) is 4.73. The highest BCUT2D eigenvalue weighted by molar-refractivity contribution is 5.95. The Balaban J connectivity index is 1.90. The second-order valence-electron chi connectivity index (χ2n) is 10.4. The van der Waals surface area contributed by atoms with Crippen LogP contribution in [-0.4, -0.2) is 66.5 Å². The number of hydrogen-bond donors (Lipinski definition) is 1. The third kappa shape index (κ3) is 8.48. The molecule has 0 fully saturated rings. The number of halogens is 6. The lowest BCUT2D eigenvalue weighted by Crippen LogP contribution is -2.40. The van der Waals surface area contributed by atoms with Crippen molar-refractivity contribution in [3.63, 3.8) is 0 Å². The van der Waals surface area contributed by atoms with Gasteiger partial charge in [-0.25, -0.2) is 0 Å². The van der Waals surface area contributed by atoms with E-state index in [-0.39, 0.29) is 31.2 Å². The zero-order chi connectivity index (χ0) is 30.5. The lowest BCUT2D eigenvalue weighted by Gasteiger charge is -2.29. The third-order valence-electron chi connectivity index (χ3n) is 6.95. The molecule has 0 bridgehead atoms. The quantitative estimate of drug-likeness (QED) is 0.231. The van der Waals surface area contributed by atoms with Crippen molar-refractivity contribution in [1.29, 1.82) is 0 Å². The molecule has 2 aromatic carbocycles. The Hall–Kier alpha value is -3.54. The Bertz CT molecular complexity index is 1330. The second-order valence-corrected chi connectivity index (χ2v) is 10.4. The molecule has 0 aliphatic heterocycles. The monoisotopic (exact) mass is 584 g/mol. The number of fused-ring (bicyclic) bond motifs is 1. The Morgan fingerprint density at radius 1 is 0.951 bits per heavy atom. The predicted molar refractivity (Wildman–Crippen MR) is 144 cm³/mol. The van der Waals surface area contributed by atoms with E-state index in [9.17, 15) is 35.9 Å². The molecule has 224 valence electrons. The Morgan fingerprint density at radius 2 is 1.56 bits per heavy atom. The average Bonchev–Trinajstić information content (AvgIpc) is 3.21. The van der Waals surface area contributed by atoms with Gasteiger partial charge < -0.3 is 19.7 Å². The molecule has 1 N–H and O–H groups in total. The van der Waals surface area contributed by atoms with Gasteiger partial charge in [0, 0.05) is 55.8 Å². The number of amides is 2. The van der Waals surface area contributed by atoms with E-state index in [0.29, 0.717) is 18.7 Å². The molecule has 3 aromatic rings. The summed E-state index contributed by atoms with van der Waals surface area (Å²) in [5, 5.41) is 3.71. The van der Waals surface area contributed by atoms with Crippen molar-refractivity contribution in [3.8, 4) is 0 Å². The molecule has 1 heterocycles. The maximum Gasteiger partial charge on any atom is 0.416 e. The number of aromatic nitrogens is 1. The first-order valence-corrected chi connectivity index (χ1v) is 13.1. The van der Waals surface area contributed by atoms with Gasteiger partial charge in [0.25, 0.3) is 5.91 Å². The summed E-state index contributed by atoms with van der Waals surface area (Å²) in [5.41, 5.74) is -2.11. The minimum atomic E-state index is -5.08. The summed E-state index contributed by atoms with van der Waals surface area (Å²) in [4.78, 5) is 29.1. The normalized spacial score (nSPS) is 13.0. The van der Waals surface area contributed by atoms with Gasteiger partial charge in [-0.05, 0) is 69.7 Å². The molecule has 0 spiro atoms. The van der Waals surface area contributed by atoms with Crippen LogP contribution in [0.4, 0.5) is 26.3 Å². The van der Waals surface area contributed by atoms with Crippen LogP contribution in [0.2, 0.25) is 0 Å². The van der Waals surface area contributed by atoms with Gasteiger partial charge >= 0.3 is 12.4 Å². The zero-order valence-corrected chi connectivity index (χ0v) is 23.4. The Labute approximate surface area is 234 Å². The van der Waals surface area contributed by atoms with Crippen molar-refractivity contribution in [3.05, 3.63) is 70.9 Å². The molecule has 2 amide bonds. The third-order valence-corrected chi connectivity index (χ3v) is 6.95. The summed E-state index contributed by atoms with van der Waals surface area (Å²) in [6.45, 7) is 1.22. The first kappa shape index (κ1) is 32.0. The number of hydrogen-bond acceptors (Lipinski definition) is 3. The highest BCUT2D eigenvalue weighted by atomic mass is 19.4. The Kier molecular flexibility index (Phi) is 10.1. The smallest absolute Gasteiger partial charge is 0.356 e. The molecule has 41 heavy (non-hydrogen) atoms. The fraction of sp³-hybridized carbons (Fsp3) is 0.448. The van der Waals surface area contributed by atoms with Gasteiger partial charge in [0.2, 0.25) is 5.91 Å². The van der Waals surface area contributed by atoms with Crippen molar-refractivity contribution in [1.82, 2.24) is 19.7 Å². The summed E-state index contributed by atoms with van der Waals surface area (Å²) in [7, 11) is 7.00. The van der Waals surface area contributed by atoms with E-state index in [1.165, 1.54) is 7.05 Å². The summed E-state index contributed by atoms with van der Waals surface area (Å²) >= 11 is 0. The largest absolute Gasteiger partial charge is 0.416 e. The van der Waals surface area contributed by atoms with Crippen LogP contribution in [0.5, 0.6) is 0 Å². The van der Waals surface area contributed by atoms with Crippen LogP contribution in [0.3, 0.4) is 0 Å². The number of aryl methyl sites for hydroxylation is 1. The van der Waals surface area contributed by atoms with E-state index in [4.69, 9.17) is 0 Å². The molecule has 0 radical (unpaired) electrons. The number of alkyl halides is 6. The predicted octanol–water partition coefficient (Wildman–Crippen LogP) is 5.75. The molecule has 12 heteroatoms. The van der Waals surface area contributed by atoms with Gasteiger partial charge in [-0.15, -0.1) is 0 Å². The van der Waals surface area contributed by atoms with Gasteiger partial charge in [-0.3, -0.25) is 9.59 Å². The van der Waals surface area contributed by atoms with Crippen LogP contribution in [-0.2, 0) is 30.6 Å². The van der Waals surface area contributed by atoms with E-state index in [0.717, 1.165) is 34.3 Å². The van der Waals surface area contributed by atoms with Gasteiger partial charge in [0.05, 0.1) is 11.1 Å². The van der Waals surface area contributed by atoms with Crippen LogP contribution in [0.15, 0.2) is 48.7 Å². The van der Waals surface area contributed by atoms with Crippen LogP contribution in [0.1, 0.15) is 46.3 Å². The number of carbonyl (C=O) groups excluding carboxylic acids is 2. The molecule has 1 atom stereocenters. The molecule has 0 aliphatic carbocycles. The standard InChI is InChI=1S/C29H34F6N4O2/c1-37(2)13-7-12-36-26(40)11-10-23(16-20-18-38(3)25-9-6-5-8-24(20)25)39(4)27(41)19-14-21(28(30,31)32)17-22(15-19)29(33,34)35/h5-6,8-9,14-15,17-18,23H,7,10-13,16H2,1-4H3,(H,36,40). The van der Waals surface area contributed by atoms with E-state index in [1.54, 1.807) is 0 Å². The lowest BCUT2D eigenvalue weighted by molar-refractivity contribution is -0.143. The Morgan fingerprint density at radius 3 is 2.15 bits per heavy atom. The van der Waals surface area contributed by atoms with Crippen molar-refractivity contribution in [2.24, 2.45) is 7.05 Å². The highest BCUT2D eigenvalue weighted by Gasteiger charge is 2.38. The summed E-state index contributed by atoms with van der Waals surface area (Å²) in [6.07, 6.45) is -7.16. The fourth-order valence-corrected chi connectivity index (χ4v) is 4.73. The maximum absolute atomic E-state index is 13.4. The van der Waals surface area contributed by atoms with E-state index in [1.807, 2.05) is 61.1 Å². The lowest BCUT2D eigenvalue weighted by atomic mass is 9.98. The van der Waals surface area contributed by atoms with E-state index in [2.05, 4.69) is 5.32 Å². The van der Waals surface area contributed by atoms with Crippen LogP contribution in [0.25, 0.3) is 10.9 Å². The SMILES string of the molecule is CN(C)CCCNC(=O)CCC(Cc1cn(C)c2ccccc12)N(C)C(=O)c1cc(C(F)(F)F)cc(C(F)(F)F)c1. The minimum Gasteiger partial charge on any atom is -0.356 e. The number of benzene rings is 2. The summed E-state index contributed by atoms with van der Waals surface area (Å²) in [6, 6.07) is 7.68. The highest BCUT2D eigenvalue weighted by Crippen LogP contribution is 2.37. The number of nitrogens with one attached hydrogen (secondary N) is 1. The van der Waals surface area contributed by atoms with E-state index < -0.39 is 41.0 Å². The van der Waals surface area contributed by atoms with Crippen molar-refractivity contribution >= 4 is 22.7 Å². The van der Waals surface area contributed by atoms with Gasteiger partial charge in [0.15, 0.2) is 0 Å². The van der Waals surface area contributed by atoms with Crippen molar-refractivity contribution in [2.45, 2.75) is 44.1 Å². The molecule has 1 aromatic heterocycles. The number of nitrogens with zero attached hydrogens (tertiary/aromatic N) is 3. The summed E-state index contributed by atoms with van der Waals surface area (Å²) in [5.74, 6) is -1.26. The molecule has 3 rings (SSSR count). The molecule has 6 nitrogen and oxygen atoms in total. The number of carbonyl (C=O) groups is 2. The van der Waals surface area contributed by atoms with Crippen LogP contribution in [0, 0.1) is 0 Å². The van der Waals surface area contributed by atoms with Crippen LogP contribution >= 0.6 is 0 Å². The second kappa shape index (κ2) is 13.0. The topological polar surface area (TPSA) is 57.6 Å². The number of likely N-dealkylation sites (N-methyl/N-ethyl adjacent to an activating group) is 1. The van der Waals surface area contributed by atoms with Crippen molar-refractivity contribution in [2.75, 3.05) is 34.2 Å². The molecular formula is C29H34F6N4O2. The molecule has 0 aliphatic rings. The summed E-state index contributed by atoms with van der Waals surface area (Å²) < 4.78 is 82.5. The van der Waals surface area contributed by atoms with Crippen molar-refractivity contribution < 1.29 is 35.9 Å². The molecule has 0 saturated carbocycles. The average molecular weight is 585 g/mol. The number of rotatable bonds is 11. The first-order chi connectivity index (χ1) is 19.1. The first-order valence-electron chi connectivity index (χ1n) is 13.1. The minimum absolute atomic E-state index is 0.00892. The van der Waals surface area contributed by atoms with E-state index >= 15 is 0 Å². The van der Waals surface area contributed by atoms with Gasteiger partial charge in [-0.1, -0.05) is 18.2 Å².